The number of rotatable bonds is 3. The summed E-state index contributed by atoms with van der Waals surface area (Å²) in [5.41, 5.74) is 0.616. The van der Waals surface area contributed by atoms with Gasteiger partial charge in [-0.2, -0.15) is 0 Å². The van der Waals surface area contributed by atoms with E-state index in [0.29, 0.717) is 18.5 Å². The summed E-state index contributed by atoms with van der Waals surface area (Å²) in [6.45, 7) is 2.61. The van der Waals surface area contributed by atoms with E-state index in [-0.39, 0.29) is 18.4 Å². The third-order valence-corrected chi connectivity index (χ3v) is 3.86. The summed E-state index contributed by atoms with van der Waals surface area (Å²) in [4.78, 5) is 1.87. The molecule has 0 unspecified atom stereocenters. The van der Waals surface area contributed by atoms with Crippen LogP contribution in [0.25, 0.3) is 0 Å². The molecular formula is C14H20FNO3. The molecule has 3 N–H and O–H groups in total. The number of aliphatic hydroxyl groups excluding tert-OH is 3. The van der Waals surface area contributed by atoms with E-state index in [1.807, 2.05) is 4.90 Å². The largest absolute Gasteiger partial charge is 0.389 e. The lowest BCUT2D eigenvalue weighted by atomic mass is 9.94. The Hall–Kier alpha value is -1.01. The average molecular weight is 269 g/mol. The lowest BCUT2D eigenvalue weighted by Gasteiger charge is -2.42. The molecule has 1 aromatic carbocycles. The number of likely N-dealkylation sites (tertiary alicyclic amines) is 1. The number of piperidine rings is 1. The first-order valence-electron chi connectivity index (χ1n) is 6.52. The van der Waals surface area contributed by atoms with Crippen LogP contribution in [0.4, 0.5) is 4.39 Å². The molecule has 5 heteroatoms. The van der Waals surface area contributed by atoms with Gasteiger partial charge in [-0.1, -0.05) is 18.2 Å². The zero-order chi connectivity index (χ0) is 14.0. The van der Waals surface area contributed by atoms with Crippen LogP contribution in [-0.4, -0.2) is 57.7 Å². The van der Waals surface area contributed by atoms with Crippen LogP contribution in [0.3, 0.4) is 0 Å². The van der Waals surface area contributed by atoms with Gasteiger partial charge in [0.2, 0.25) is 0 Å². The average Bonchev–Trinajstić information content (AvgIpc) is 2.40. The second-order valence-corrected chi connectivity index (χ2v) is 5.13. The van der Waals surface area contributed by atoms with Gasteiger partial charge in [-0.15, -0.1) is 0 Å². The second-order valence-electron chi connectivity index (χ2n) is 5.13. The van der Waals surface area contributed by atoms with Crippen molar-refractivity contribution in [1.29, 1.82) is 0 Å². The Kier molecular flexibility index (Phi) is 4.52. The van der Waals surface area contributed by atoms with Crippen molar-refractivity contribution in [3.8, 4) is 0 Å². The minimum absolute atomic E-state index is 0.242. The zero-order valence-electron chi connectivity index (χ0n) is 10.9. The van der Waals surface area contributed by atoms with E-state index >= 15 is 0 Å². The molecule has 1 fully saturated rings. The van der Waals surface area contributed by atoms with Crippen LogP contribution < -0.4 is 0 Å². The molecule has 106 valence electrons. The molecule has 1 heterocycles. The van der Waals surface area contributed by atoms with E-state index in [1.54, 1.807) is 25.1 Å². The van der Waals surface area contributed by atoms with E-state index < -0.39 is 18.3 Å². The Bertz CT molecular complexity index is 429. The van der Waals surface area contributed by atoms with Crippen molar-refractivity contribution in [2.24, 2.45) is 0 Å². The van der Waals surface area contributed by atoms with Crippen LogP contribution in [0.5, 0.6) is 0 Å². The highest BCUT2D eigenvalue weighted by molar-refractivity contribution is 5.17. The molecule has 2 rings (SSSR count). The van der Waals surface area contributed by atoms with E-state index in [4.69, 9.17) is 0 Å². The molecule has 0 saturated carbocycles. The highest BCUT2D eigenvalue weighted by Gasteiger charge is 2.38. The maximum absolute atomic E-state index is 13.5. The molecule has 1 aromatic rings. The van der Waals surface area contributed by atoms with E-state index in [9.17, 15) is 19.7 Å². The first kappa shape index (κ1) is 14.4. The molecule has 1 saturated heterocycles. The topological polar surface area (TPSA) is 63.9 Å². The fraction of sp³-hybridized carbons (Fsp3) is 0.571. The van der Waals surface area contributed by atoms with E-state index in [1.165, 1.54) is 6.07 Å². The SMILES string of the molecule is C[C@H]1[C@@H](O)[C@H](O)[C@@H](O)CN1CCc1ccccc1F. The molecule has 0 spiro atoms. The third-order valence-electron chi connectivity index (χ3n) is 3.86. The number of hydrogen-bond donors (Lipinski definition) is 3. The highest BCUT2D eigenvalue weighted by atomic mass is 19.1. The van der Waals surface area contributed by atoms with Gasteiger partial charge in [0.05, 0.1) is 12.2 Å². The minimum atomic E-state index is -1.11. The van der Waals surface area contributed by atoms with Gasteiger partial charge in [0, 0.05) is 19.1 Å². The quantitative estimate of drug-likeness (QED) is 0.731. The summed E-state index contributed by atoms with van der Waals surface area (Å²) < 4.78 is 13.5. The van der Waals surface area contributed by atoms with Gasteiger partial charge in [-0.05, 0) is 25.0 Å². The van der Waals surface area contributed by atoms with Crippen LogP contribution in [0.1, 0.15) is 12.5 Å². The molecule has 1 aliphatic rings. The Morgan fingerprint density at radius 1 is 1.21 bits per heavy atom. The zero-order valence-corrected chi connectivity index (χ0v) is 10.9. The Labute approximate surface area is 112 Å². The van der Waals surface area contributed by atoms with Gasteiger partial charge >= 0.3 is 0 Å². The molecule has 0 bridgehead atoms. The number of halogens is 1. The van der Waals surface area contributed by atoms with Crippen LogP contribution in [0.15, 0.2) is 24.3 Å². The summed E-state index contributed by atoms with van der Waals surface area (Å²) in [5.74, 6) is -0.242. The maximum atomic E-state index is 13.5. The third kappa shape index (κ3) is 3.12. The van der Waals surface area contributed by atoms with Crippen molar-refractivity contribution in [2.45, 2.75) is 37.7 Å². The second kappa shape index (κ2) is 5.96. The number of aliphatic hydroxyl groups is 3. The predicted octanol–water partition coefficient (Wildman–Crippen LogP) is 0.155. The molecular weight excluding hydrogens is 249 g/mol. The molecule has 0 amide bonds. The molecule has 0 aromatic heterocycles. The smallest absolute Gasteiger partial charge is 0.126 e. The summed E-state index contributed by atoms with van der Waals surface area (Å²) >= 11 is 0. The first-order chi connectivity index (χ1) is 9.00. The van der Waals surface area contributed by atoms with Gasteiger partial charge in [0.1, 0.15) is 11.9 Å². The lowest BCUT2D eigenvalue weighted by molar-refractivity contribution is -0.132. The Morgan fingerprint density at radius 2 is 1.89 bits per heavy atom. The summed E-state index contributed by atoms with van der Waals surface area (Å²) in [6.07, 6.45) is -2.55. The number of nitrogens with zero attached hydrogens (tertiary/aromatic N) is 1. The number of hydrogen-bond acceptors (Lipinski definition) is 4. The minimum Gasteiger partial charge on any atom is -0.389 e. The molecule has 0 aliphatic carbocycles. The molecule has 1 aliphatic heterocycles. The standard InChI is InChI=1S/C14H20FNO3/c1-9-13(18)14(19)12(17)8-16(9)7-6-10-4-2-3-5-11(10)15/h2-5,9,12-14,17-19H,6-8H2,1H3/t9-,12-,13+,14+/m0/s1. The number of benzene rings is 1. The molecule has 0 radical (unpaired) electrons. The molecule has 19 heavy (non-hydrogen) atoms. The van der Waals surface area contributed by atoms with Crippen molar-refractivity contribution in [1.82, 2.24) is 4.90 Å². The van der Waals surface area contributed by atoms with Crippen molar-refractivity contribution in [3.63, 3.8) is 0 Å². The van der Waals surface area contributed by atoms with Crippen molar-refractivity contribution in [3.05, 3.63) is 35.6 Å². The maximum Gasteiger partial charge on any atom is 0.126 e. The fourth-order valence-electron chi connectivity index (χ4n) is 2.50. The number of β-amino-alcohol motifs (C(OH)–C–C–N with tert-alkyl or cyclic N) is 1. The monoisotopic (exact) mass is 269 g/mol. The van der Waals surface area contributed by atoms with Crippen LogP contribution in [0, 0.1) is 5.82 Å². The summed E-state index contributed by atoms with van der Waals surface area (Å²) in [7, 11) is 0. The first-order valence-corrected chi connectivity index (χ1v) is 6.52. The summed E-state index contributed by atoms with van der Waals surface area (Å²) in [5, 5.41) is 29.1. The van der Waals surface area contributed by atoms with Crippen LogP contribution >= 0.6 is 0 Å². The van der Waals surface area contributed by atoms with Gasteiger partial charge in [-0.25, -0.2) is 4.39 Å². The van der Waals surface area contributed by atoms with Gasteiger partial charge in [0.25, 0.3) is 0 Å². The van der Waals surface area contributed by atoms with Crippen LogP contribution in [0.2, 0.25) is 0 Å². The van der Waals surface area contributed by atoms with Crippen molar-refractivity contribution < 1.29 is 19.7 Å². The summed E-state index contributed by atoms with van der Waals surface area (Å²) in [6, 6.07) is 6.32. The van der Waals surface area contributed by atoms with Gasteiger partial charge < -0.3 is 15.3 Å². The van der Waals surface area contributed by atoms with Crippen molar-refractivity contribution in [2.75, 3.05) is 13.1 Å². The molecule has 4 atom stereocenters. The highest BCUT2D eigenvalue weighted by Crippen LogP contribution is 2.19. The lowest BCUT2D eigenvalue weighted by Crippen LogP contribution is -2.60. The normalized spacial score (nSPS) is 32.5. The van der Waals surface area contributed by atoms with E-state index in [2.05, 4.69) is 0 Å². The Balaban J connectivity index is 1.98. The van der Waals surface area contributed by atoms with Gasteiger partial charge in [-0.3, -0.25) is 4.90 Å². The van der Waals surface area contributed by atoms with E-state index in [0.717, 1.165) is 0 Å². The predicted molar refractivity (Wildman–Crippen MR) is 69.2 cm³/mol. The Morgan fingerprint density at radius 3 is 2.58 bits per heavy atom. The van der Waals surface area contributed by atoms with Crippen LogP contribution in [-0.2, 0) is 6.42 Å². The van der Waals surface area contributed by atoms with Crippen molar-refractivity contribution >= 4 is 0 Å². The van der Waals surface area contributed by atoms with Gasteiger partial charge in [0.15, 0.2) is 0 Å². The fourth-order valence-corrected chi connectivity index (χ4v) is 2.50. The molecule has 4 nitrogen and oxygen atoms in total.